The molecule has 1 saturated carbocycles. The predicted molar refractivity (Wildman–Crippen MR) is 55.7 cm³/mol. The summed E-state index contributed by atoms with van der Waals surface area (Å²) in [6.45, 7) is 7.24. The fourth-order valence-electron chi connectivity index (χ4n) is 2.21. The summed E-state index contributed by atoms with van der Waals surface area (Å²) < 4.78 is 0. The second-order valence-electron chi connectivity index (χ2n) is 5.21. The number of hydrogen-bond acceptors (Lipinski definition) is 2. The van der Waals surface area contributed by atoms with E-state index >= 15 is 0 Å². The molecule has 0 aromatic heterocycles. The number of hydrogen-bond donors (Lipinski definition) is 2. The first-order valence-corrected chi connectivity index (χ1v) is 5.41. The molecule has 0 heterocycles. The van der Waals surface area contributed by atoms with Gasteiger partial charge in [-0.15, -0.1) is 0 Å². The molecule has 78 valence electrons. The van der Waals surface area contributed by atoms with Crippen molar-refractivity contribution in [3.63, 3.8) is 0 Å². The number of nitrogens with one attached hydrogen (secondary N) is 1. The van der Waals surface area contributed by atoms with E-state index in [2.05, 4.69) is 19.2 Å². The highest BCUT2D eigenvalue weighted by Crippen LogP contribution is 2.34. The molecule has 1 rings (SSSR count). The predicted octanol–water partition coefficient (Wildman–Crippen LogP) is 1.93. The Balaban J connectivity index is 2.26. The van der Waals surface area contributed by atoms with Crippen LogP contribution in [0.1, 0.15) is 46.5 Å². The van der Waals surface area contributed by atoms with Gasteiger partial charge in [-0.2, -0.15) is 0 Å². The summed E-state index contributed by atoms with van der Waals surface area (Å²) in [6.07, 6.45) is 4.98. The van der Waals surface area contributed by atoms with E-state index in [0.29, 0.717) is 11.5 Å². The zero-order chi connectivity index (χ0) is 9.90. The SMILES string of the molecule is C[C@@H](O)CN[C@@H]1CCCC(C)(C)C1. The van der Waals surface area contributed by atoms with Crippen molar-refractivity contribution in [3.8, 4) is 0 Å². The lowest BCUT2D eigenvalue weighted by atomic mass is 9.75. The summed E-state index contributed by atoms with van der Waals surface area (Å²) in [6, 6.07) is 0.623. The van der Waals surface area contributed by atoms with Gasteiger partial charge < -0.3 is 10.4 Å². The van der Waals surface area contributed by atoms with E-state index in [-0.39, 0.29) is 6.10 Å². The van der Waals surface area contributed by atoms with Gasteiger partial charge in [0.25, 0.3) is 0 Å². The van der Waals surface area contributed by atoms with Crippen molar-refractivity contribution in [1.29, 1.82) is 0 Å². The second-order valence-corrected chi connectivity index (χ2v) is 5.21. The first kappa shape index (κ1) is 11.0. The van der Waals surface area contributed by atoms with E-state index in [4.69, 9.17) is 5.11 Å². The van der Waals surface area contributed by atoms with Crippen LogP contribution in [0.3, 0.4) is 0 Å². The van der Waals surface area contributed by atoms with Crippen molar-refractivity contribution in [3.05, 3.63) is 0 Å². The Morgan fingerprint density at radius 1 is 1.54 bits per heavy atom. The van der Waals surface area contributed by atoms with Crippen molar-refractivity contribution < 1.29 is 5.11 Å². The molecule has 0 unspecified atom stereocenters. The van der Waals surface area contributed by atoms with Crippen molar-refractivity contribution in [2.45, 2.75) is 58.6 Å². The topological polar surface area (TPSA) is 32.3 Å². The highest BCUT2D eigenvalue weighted by Gasteiger charge is 2.27. The molecule has 1 aliphatic carbocycles. The summed E-state index contributed by atoms with van der Waals surface area (Å²) in [5, 5.41) is 12.6. The van der Waals surface area contributed by atoms with Gasteiger partial charge in [0.05, 0.1) is 6.10 Å². The monoisotopic (exact) mass is 185 g/mol. The third-order valence-electron chi connectivity index (χ3n) is 2.91. The fourth-order valence-corrected chi connectivity index (χ4v) is 2.21. The third kappa shape index (κ3) is 4.10. The van der Waals surface area contributed by atoms with Gasteiger partial charge >= 0.3 is 0 Å². The molecule has 0 aliphatic heterocycles. The molecule has 0 aromatic rings. The molecule has 13 heavy (non-hydrogen) atoms. The van der Waals surface area contributed by atoms with E-state index < -0.39 is 0 Å². The largest absolute Gasteiger partial charge is 0.392 e. The van der Waals surface area contributed by atoms with E-state index in [0.717, 1.165) is 6.54 Å². The quantitative estimate of drug-likeness (QED) is 0.704. The van der Waals surface area contributed by atoms with Crippen LogP contribution in [0, 0.1) is 5.41 Å². The van der Waals surface area contributed by atoms with Crippen molar-refractivity contribution in [1.82, 2.24) is 5.32 Å². The lowest BCUT2D eigenvalue weighted by Crippen LogP contribution is -2.40. The van der Waals surface area contributed by atoms with E-state index in [9.17, 15) is 0 Å². The fraction of sp³-hybridized carbons (Fsp3) is 1.00. The molecule has 1 aliphatic rings. The minimum Gasteiger partial charge on any atom is -0.392 e. The van der Waals surface area contributed by atoms with Crippen LogP contribution in [-0.4, -0.2) is 23.8 Å². The van der Waals surface area contributed by atoms with Crippen LogP contribution in [0.15, 0.2) is 0 Å². The van der Waals surface area contributed by atoms with Crippen LogP contribution in [-0.2, 0) is 0 Å². The zero-order valence-corrected chi connectivity index (χ0v) is 9.14. The second kappa shape index (κ2) is 4.43. The lowest BCUT2D eigenvalue weighted by molar-refractivity contribution is 0.157. The van der Waals surface area contributed by atoms with Crippen LogP contribution < -0.4 is 5.32 Å². The van der Waals surface area contributed by atoms with Gasteiger partial charge in [0.2, 0.25) is 0 Å². The Hall–Kier alpha value is -0.0800. The Morgan fingerprint density at radius 3 is 2.77 bits per heavy atom. The molecule has 1 fully saturated rings. The van der Waals surface area contributed by atoms with Crippen LogP contribution in [0.2, 0.25) is 0 Å². The van der Waals surface area contributed by atoms with Crippen LogP contribution >= 0.6 is 0 Å². The average molecular weight is 185 g/mol. The summed E-state index contributed by atoms with van der Waals surface area (Å²) in [5.41, 5.74) is 0.495. The maximum absolute atomic E-state index is 9.15. The molecule has 2 N–H and O–H groups in total. The highest BCUT2D eigenvalue weighted by atomic mass is 16.3. The molecular formula is C11H23NO. The van der Waals surface area contributed by atoms with E-state index in [1.54, 1.807) is 0 Å². The summed E-state index contributed by atoms with van der Waals surface area (Å²) in [4.78, 5) is 0. The molecule has 0 aromatic carbocycles. The van der Waals surface area contributed by atoms with Gasteiger partial charge in [0, 0.05) is 12.6 Å². The molecule has 0 saturated heterocycles. The molecule has 2 atom stereocenters. The molecule has 2 nitrogen and oxygen atoms in total. The minimum absolute atomic E-state index is 0.218. The minimum atomic E-state index is -0.218. The van der Waals surface area contributed by atoms with E-state index in [1.807, 2.05) is 6.92 Å². The number of aliphatic hydroxyl groups excluding tert-OH is 1. The molecule has 0 spiro atoms. The summed E-state index contributed by atoms with van der Waals surface area (Å²) in [7, 11) is 0. The first-order valence-electron chi connectivity index (χ1n) is 5.41. The van der Waals surface area contributed by atoms with Crippen molar-refractivity contribution in [2.24, 2.45) is 5.41 Å². The third-order valence-corrected chi connectivity index (χ3v) is 2.91. The van der Waals surface area contributed by atoms with E-state index in [1.165, 1.54) is 25.7 Å². The van der Waals surface area contributed by atoms with Crippen LogP contribution in [0.4, 0.5) is 0 Å². The smallest absolute Gasteiger partial charge is 0.0636 e. The van der Waals surface area contributed by atoms with Crippen LogP contribution in [0.25, 0.3) is 0 Å². The van der Waals surface area contributed by atoms with Gasteiger partial charge in [-0.1, -0.05) is 20.3 Å². The van der Waals surface area contributed by atoms with Gasteiger partial charge in [-0.25, -0.2) is 0 Å². The van der Waals surface area contributed by atoms with Gasteiger partial charge in [0.15, 0.2) is 0 Å². The Bertz CT molecular complexity index is 154. The zero-order valence-electron chi connectivity index (χ0n) is 9.14. The lowest BCUT2D eigenvalue weighted by Gasteiger charge is -2.35. The number of rotatable bonds is 3. The van der Waals surface area contributed by atoms with Crippen molar-refractivity contribution in [2.75, 3.05) is 6.54 Å². The normalized spacial score (nSPS) is 30.0. The summed E-state index contributed by atoms with van der Waals surface area (Å²) >= 11 is 0. The highest BCUT2D eigenvalue weighted by molar-refractivity contribution is 4.83. The van der Waals surface area contributed by atoms with Crippen molar-refractivity contribution >= 4 is 0 Å². The Labute approximate surface area is 81.7 Å². The van der Waals surface area contributed by atoms with Crippen LogP contribution in [0.5, 0.6) is 0 Å². The molecule has 0 amide bonds. The number of aliphatic hydroxyl groups is 1. The molecule has 0 radical (unpaired) electrons. The Morgan fingerprint density at radius 2 is 2.23 bits per heavy atom. The first-order chi connectivity index (χ1) is 5.99. The molecule has 2 heteroatoms. The Kier molecular flexibility index (Phi) is 3.74. The summed E-state index contributed by atoms with van der Waals surface area (Å²) in [5.74, 6) is 0. The maximum Gasteiger partial charge on any atom is 0.0636 e. The molecule has 0 bridgehead atoms. The average Bonchev–Trinajstić information content (AvgIpc) is 1.99. The van der Waals surface area contributed by atoms with Gasteiger partial charge in [0.1, 0.15) is 0 Å². The standard InChI is InChI=1S/C11H23NO/c1-9(13)8-12-10-5-4-6-11(2,3)7-10/h9-10,12-13H,4-8H2,1-3H3/t9-,10-/m1/s1. The maximum atomic E-state index is 9.15. The van der Waals surface area contributed by atoms with Gasteiger partial charge in [-0.3, -0.25) is 0 Å². The molecular weight excluding hydrogens is 162 g/mol. The van der Waals surface area contributed by atoms with Gasteiger partial charge in [-0.05, 0) is 31.6 Å².